The van der Waals surface area contributed by atoms with Crippen LogP contribution in [0.5, 0.6) is 0 Å². The van der Waals surface area contributed by atoms with E-state index in [1.54, 1.807) is 6.92 Å². The molecule has 15 heavy (non-hydrogen) atoms. The Bertz CT molecular complexity index is 329. The van der Waals surface area contributed by atoms with Crippen LogP contribution in [0.3, 0.4) is 0 Å². The molecule has 0 aliphatic carbocycles. The quantitative estimate of drug-likeness (QED) is 0.503. The molecular formula is C9H16O5S. The van der Waals surface area contributed by atoms with Crippen LogP contribution in [0.15, 0.2) is 0 Å². The van der Waals surface area contributed by atoms with Crippen LogP contribution in [0.25, 0.3) is 0 Å². The number of aliphatic hydroxyl groups excluding tert-OH is 1. The highest BCUT2D eigenvalue weighted by atomic mass is 32.2. The van der Waals surface area contributed by atoms with Crippen LogP contribution in [-0.2, 0) is 14.9 Å². The lowest BCUT2D eigenvalue weighted by Gasteiger charge is -2.23. The summed E-state index contributed by atoms with van der Waals surface area (Å²) >= 11 is 0. The summed E-state index contributed by atoms with van der Waals surface area (Å²) in [5.41, 5.74) is -0.819. The third-order valence-electron chi connectivity index (χ3n) is 1.98. The number of hydrogen-bond acceptors (Lipinski definition) is 4. The Morgan fingerprint density at radius 3 is 2.47 bits per heavy atom. The molecule has 0 radical (unpaired) electrons. The fourth-order valence-electron chi connectivity index (χ4n) is 0.817. The molecular weight excluding hydrogens is 220 g/mol. The number of terminal acetylenes is 1. The molecule has 0 bridgehead atoms. The van der Waals surface area contributed by atoms with Crippen molar-refractivity contribution in [2.45, 2.75) is 32.0 Å². The maximum absolute atomic E-state index is 10.4. The summed E-state index contributed by atoms with van der Waals surface area (Å²) in [7, 11) is -4.19. The summed E-state index contributed by atoms with van der Waals surface area (Å²) in [6.45, 7) is 3.25. The van der Waals surface area contributed by atoms with Crippen LogP contribution in [0.4, 0.5) is 0 Å². The Labute approximate surface area is 90.2 Å². The molecule has 0 aromatic carbocycles. The van der Waals surface area contributed by atoms with Gasteiger partial charge in [-0.25, -0.2) is 0 Å². The SMILES string of the molecule is C#C[C@](C)(CC)OC[C@H](O)CS(=O)(=O)O. The fourth-order valence-corrected chi connectivity index (χ4v) is 1.40. The minimum absolute atomic E-state index is 0.228. The average Bonchev–Trinajstić information content (AvgIpc) is 2.12. The monoisotopic (exact) mass is 236 g/mol. The van der Waals surface area contributed by atoms with Crippen molar-refractivity contribution in [2.75, 3.05) is 12.4 Å². The van der Waals surface area contributed by atoms with Crippen LogP contribution >= 0.6 is 0 Å². The average molecular weight is 236 g/mol. The molecule has 6 heteroatoms. The molecule has 0 heterocycles. The van der Waals surface area contributed by atoms with E-state index >= 15 is 0 Å². The molecule has 5 nitrogen and oxygen atoms in total. The zero-order valence-corrected chi connectivity index (χ0v) is 9.62. The van der Waals surface area contributed by atoms with Gasteiger partial charge in [0.15, 0.2) is 0 Å². The first-order valence-corrected chi connectivity index (χ1v) is 6.08. The van der Waals surface area contributed by atoms with Crippen molar-refractivity contribution in [3.63, 3.8) is 0 Å². The Hall–Kier alpha value is -0.610. The highest BCUT2D eigenvalue weighted by Crippen LogP contribution is 2.13. The lowest BCUT2D eigenvalue weighted by atomic mass is 10.1. The third kappa shape index (κ3) is 6.47. The summed E-state index contributed by atoms with van der Waals surface area (Å²) in [6.07, 6.45) is 4.47. The standard InChI is InChI=1S/C9H16O5S/c1-4-9(3,5-2)14-6-8(10)7-15(11,12)13/h1,8,10H,5-7H2,2-3H3,(H,11,12,13)/t8-,9+/m0/s1. The van der Waals surface area contributed by atoms with Gasteiger partial charge in [0.2, 0.25) is 0 Å². The van der Waals surface area contributed by atoms with Crippen LogP contribution < -0.4 is 0 Å². The lowest BCUT2D eigenvalue weighted by Crippen LogP contribution is -2.33. The van der Waals surface area contributed by atoms with Crippen LogP contribution in [0, 0.1) is 12.3 Å². The zero-order chi connectivity index (χ0) is 12.1. The largest absolute Gasteiger partial charge is 0.390 e. The molecule has 0 unspecified atom stereocenters. The Morgan fingerprint density at radius 1 is 1.60 bits per heavy atom. The minimum Gasteiger partial charge on any atom is -0.390 e. The molecule has 88 valence electrons. The summed E-state index contributed by atoms with van der Waals surface area (Å²) < 4.78 is 34.4. The van der Waals surface area contributed by atoms with E-state index in [0.29, 0.717) is 6.42 Å². The molecule has 2 N–H and O–H groups in total. The van der Waals surface area contributed by atoms with Crippen molar-refractivity contribution < 1.29 is 22.8 Å². The van der Waals surface area contributed by atoms with Gasteiger partial charge in [0.25, 0.3) is 10.1 Å². The minimum atomic E-state index is -4.19. The maximum atomic E-state index is 10.4. The summed E-state index contributed by atoms with van der Waals surface area (Å²) in [4.78, 5) is 0. The van der Waals surface area contributed by atoms with Gasteiger partial charge in [-0.3, -0.25) is 4.55 Å². The molecule has 0 rings (SSSR count). The first kappa shape index (κ1) is 14.4. The maximum Gasteiger partial charge on any atom is 0.267 e. The van der Waals surface area contributed by atoms with Gasteiger partial charge in [0.1, 0.15) is 11.4 Å². The van der Waals surface area contributed by atoms with Gasteiger partial charge in [-0.05, 0) is 13.3 Å². The summed E-state index contributed by atoms with van der Waals surface area (Å²) in [5.74, 6) is 1.65. The molecule has 0 spiro atoms. The molecule has 0 aromatic heterocycles. The predicted molar refractivity (Wildman–Crippen MR) is 55.9 cm³/mol. The molecule has 0 aliphatic rings. The van der Waals surface area contributed by atoms with Crippen molar-refractivity contribution in [1.29, 1.82) is 0 Å². The van der Waals surface area contributed by atoms with Crippen LogP contribution in [0.2, 0.25) is 0 Å². The van der Waals surface area contributed by atoms with Crippen LogP contribution in [0.1, 0.15) is 20.3 Å². The molecule has 0 amide bonds. The second-order valence-electron chi connectivity index (χ2n) is 3.44. The Balaban J connectivity index is 4.13. The predicted octanol–water partition coefficient (Wildman–Crippen LogP) is 0.0536. The molecule has 0 saturated heterocycles. The number of aliphatic hydroxyl groups is 1. The van der Waals surface area contributed by atoms with E-state index in [1.165, 1.54) is 0 Å². The van der Waals surface area contributed by atoms with Gasteiger partial charge in [-0.15, -0.1) is 6.42 Å². The van der Waals surface area contributed by atoms with E-state index in [4.69, 9.17) is 15.7 Å². The highest BCUT2D eigenvalue weighted by Gasteiger charge is 2.22. The van der Waals surface area contributed by atoms with Gasteiger partial charge < -0.3 is 9.84 Å². The fraction of sp³-hybridized carbons (Fsp3) is 0.778. The van der Waals surface area contributed by atoms with Crippen LogP contribution in [-0.4, -0.2) is 42.1 Å². The summed E-state index contributed by atoms with van der Waals surface area (Å²) in [6, 6.07) is 0. The van der Waals surface area contributed by atoms with Gasteiger partial charge in [0, 0.05) is 0 Å². The normalized spacial score (nSPS) is 17.8. The molecule has 0 saturated carbocycles. The second-order valence-corrected chi connectivity index (χ2v) is 4.94. The second kappa shape index (κ2) is 5.47. The lowest BCUT2D eigenvalue weighted by molar-refractivity contribution is -0.0327. The molecule has 0 aromatic rings. The summed E-state index contributed by atoms with van der Waals surface area (Å²) in [5, 5.41) is 9.21. The van der Waals surface area contributed by atoms with Gasteiger partial charge in [0.05, 0.1) is 12.7 Å². The number of ether oxygens (including phenoxy) is 1. The number of rotatable bonds is 6. The molecule has 2 atom stereocenters. The Kier molecular flexibility index (Phi) is 5.24. The first-order chi connectivity index (χ1) is 6.72. The Morgan fingerprint density at radius 2 is 2.13 bits per heavy atom. The van der Waals surface area contributed by atoms with E-state index in [2.05, 4.69) is 5.92 Å². The third-order valence-corrected chi connectivity index (χ3v) is 2.78. The topological polar surface area (TPSA) is 83.8 Å². The van der Waals surface area contributed by atoms with E-state index in [9.17, 15) is 13.5 Å². The molecule has 0 fully saturated rings. The van der Waals surface area contributed by atoms with E-state index in [1.807, 2.05) is 6.92 Å². The number of hydrogen-bond donors (Lipinski definition) is 2. The highest BCUT2D eigenvalue weighted by molar-refractivity contribution is 7.85. The van der Waals surface area contributed by atoms with Crippen molar-refractivity contribution >= 4 is 10.1 Å². The van der Waals surface area contributed by atoms with Crippen molar-refractivity contribution in [1.82, 2.24) is 0 Å². The van der Waals surface area contributed by atoms with Crippen molar-refractivity contribution in [3.8, 4) is 12.3 Å². The van der Waals surface area contributed by atoms with Crippen molar-refractivity contribution in [3.05, 3.63) is 0 Å². The smallest absolute Gasteiger partial charge is 0.267 e. The van der Waals surface area contributed by atoms with E-state index in [-0.39, 0.29) is 6.61 Å². The van der Waals surface area contributed by atoms with E-state index < -0.39 is 27.6 Å². The first-order valence-electron chi connectivity index (χ1n) is 4.47. The zero-order valence-electron chi connectivity index (χ0n) is 8.80. The van der Waals surface area contributed by atoms with E-state index in [0.717, 1.165) is 0 Å². The van der Waals surface area contributed by atoms with Gasteiger partial charge in [-0.2, -0.15) is 8.42 Å². The van der Waals surface area contributed by atoms with Crippen molar-refractivity contribution in [2.24, 2.45) is 0 Å². The van der Waals surface area contributed by atoms with Gasteiger partial charge in [-0.1, -0.05) is 12.8 Å². The molecule has 0 aliphatic heterocycles. The van der Waals surface area contributed by atoms with Gasteiger partial charge >= 0.3 is 0 Å².